The van der Waals surface area contributed by atoms with Gasteiger partial charge in [-0.1, -0.05) is 11.6 Å². The zero-order valence-corrected chi connectivity index (χ0v) is 53.9. The number of likely N-dealkylation sites (tertiary alicyclic amines) is 1. The van der Waals surface area contributed by atoms with E-state index in [2.05, 4.69) is 41.1 Å². The number of benzene rings is 19. The van der Waals surface area contributed by atoms with Gasteiger partial charge in [-0.2, -0.15) is 5.26 Å². The van der Waals surface area contributed by atoms with E-state index in [4.69, 9.17) is 36.0 Å². The molecule has 1 saturated heterocycles. The number of ether oxygens (including phenoxy) is 3. The Hall–Kier alpha value is -10.1. The van der Waals surface area contributed by atoms with Gasteiger partial charge >= 0.3 is 0 Å². The van der Waals surface area contributed by atoms with Gasteiger partial charge in [0.05, 0.1) is 60.6 Å². The Bertz CT molecular complexity index is 8510. The zero-order valence-electron chi connectivity index (χ0n) is 52.3. The number of nitriles is 1. The number of thiophene rings is 1. The molecule has 1 N–H and O–H groups in total. The summed E-state index contributed by atoms with van der Waals surface area (Å²) in [5.74, 6) is -0.194. The van der Waals surface area contributed by atoms with E-state index in [1.807, 2.05) is 12.1 Å². The number of anilines is 2. The number of nitrogens with one attached hydrogen (secondary N) is 1. The highest BCUT2D eigenvalue weighted by Crippen LogP contribution is 2.87. The Morgan fingerprint density at radius 1 is 0.520 bits per heavy atom. The van der Waals surface area contributed by atoms with Gasteiger partial charge in [0.2, 0.25) is 5.91 Å². The van der Waals surface area contributed by atoms with Crippen LogP contribution in [0.3, 0.4) is 0 Å². The van der Waals surface area contributed by atoms with Crippen molar-refractivity contribution in [3.8, 4) is 6.07 Å². The summed E-state index contributed by atoms with van der Waals surface area (Å²) in [6.45, 7) is 11.3. The van der Waals surface area contributed by atoms with Crippen molar-refractivity contribution in [2.24, 2.45) is 10.2 Å². The maximum atomic E-state index is 13.0. The topological polar surface area (TPSA) is 112 Å². The van der Waals surface area contributed by atoms with Gasteiger partial charge in [0.25, 0.3) is 0 Å². The molecule has 1 unspecified atom stereocenters. The molecule has 5 aliphatic rings. The molecule has 1 aliphatic heterocycles. The molecule has 0 bridgehead atoms. The predicted molar refractivity (Wildman–Crippen MR) is 404 cm³/mol. The van der Waals surface area contributed by atoms with Gasteiger partial charge in [-0.05, 0) is 345 Å². The first-order valence-corrected chi connectivity index (χ1v) is 36.5. The molecule has 1 amide bonds. The lowest BCUT2D eigenvalue weighted by atomic mass is 9.48. The van der Waals surface area contributed by atoms with Crippen LogP contribution in [0.5, 0.6) is 0 Å². The lowest BCUT2D eigenvalue weighted by Gasteiger charge is -2.52. The number of hydrogen-bond donors (Lipinski definition) is 1. The second kappa shape index (κ2) is 12.2. The number of halogens is 1. The maximum absolute atomic E-state index is 13.0. The molecule has 10 nitrogen and oxygen atoms in total. The molecule has 0 saturated carbocycles. The highest BCUT2D eigenvalue weighted by molar-refractivity contribution is 7.16. The highest BCUT2D eigenvalue weighted by atomic mass is 35.5. The van der Waals surface area contributed by atoms with E-state index in [9.17, 15) is 10.1 Å². The van der Waals surface area contributed by atoms with Crippen molar-refractivity contribution >= 4 is 342 Å². The van der Waals surface area contributed by atoms with Crippen LogP contribution in [-0.2, 0) is 29.8 Å². The summed E-state index contributed by atoms with van der Waals surface area (Å²) in [7, 11) is 1.72. The Balaban J connectivity index is 0.815. The summed E-state index contributed by atoms with van der Waals surface area (Å²) < 4.78 is 18.3. The van der Waals surface area contributed by atoms with Crippen LogP contribution in [0.2, 0.25) is 5.02 Å². The van der Waals surface area contributed by atoms with E-state index in [0.717, 1.165) is 30.2 Å². The van der Waals surface area contributed by atoms with Crippen LogP contribution in [0.15, 0.2) is 28.4 Å². The maximum Gasteiger partial charge on any atom is 0.221 e. The largest absolute Gasteiger partial charge is 0.382 e. The van der Waals surface area contributed by atoms with Crippen molar-refractivity contribution in [2.75, 3.05) is 76.5 Å². The Labute approximate surface area is 553 Å². The average molecular weight is 1280 g/mol. The second-order valence-corrected chi connectivity index (χ2v) is 33.3. The van der Waals surface area contributed by atoms with Crippen molar-refractivity contribution in [3.05, 3.63) is 55.9 Å². The number of methoxy groups -OCH3 is 1. The molecule has 2 spiro atoms. The highest BCUT2D eigenvalue weighted by Gasteiger charge is 2.76. The van der Waals surface area contributed by atoms with Crippen LogP contribution in [-0.4, -0.2) is 77.1 Å². The molecule has 35 rings (SSSR count). The van der Waals surface area contributed by atoms with Crippen molar-refractivity contribution in [1.82, 2.24) is 4.90 Å². The number of amides is 1. The van der Waals surface area contributed by atoms with E-state index < -0.39 is 10.8 Å². The summed E-state index contributed by atoms with van der Waals surface area (Å²) in [6.07, 6.45) is 0. The van der Waals surface area contributed by atoms with Gasteiger partial charge in [0.15, 0.2) is 5.00 Å². The first-order valence-electron chi connectivity index (χ1n) is 35.4. The zero-order chi connectivity index (χ0) is 62.0. The molecular formula is C86H35ClN6O4S. The Morgan fingerprint density at radius 3 is 1.19 bits per heavy atom. The van der Waals surface area contributed by atoms with Gasteiger partial charge in [-0.3, -0.25) is 9.69 Å². The summed E-state index contributed by atoms with van der Waals surface area (Å²) >= 11 is 9.99. The van der Waals surface area contributed by atoms with E-state index in [1.165, 1.54) is 82.7 Å². The quantitative estimate of drug-likeness (QED) is 0.0583. The molecule has 2 heterocycles. The number of nitrogens with zero attached hydrogens (tertiary/aromatic N) is 5. The first kappa shape index (κ1) is 45.4. The normalized spacial score (nSPS) is 20.4. The number of carbonyl (C=O) groups excluding carboxylic acids is 1. The molecule has 446 valence electrons. The lowest BCUT2D eigenvalue weighted by Crippen LogP contribution is -2.51. The van der Waals surface area contributed by atoms with E-state index in [0.29, 0.717) is 66.5 Å². The molecule has 29 aromatic carbocycles. The number of rotatable bonds is 16. The van der Waals surface area contributed by atoms with Crippen LogP contribution in [0.25, 0.3) is 291 Å². The van der Waals surface area contributed by atoms with Gasteiger partial charge in [0.1, 0.15) is 17.3 Å². The van der Waals surface area contributed by atoms with Gasteiger partial charge < -0.3 is 24.4 Å². The smallest absolute Gasteiger partial charge is 0.221 e. The van der Waals surface area contributed by atoms with Crippen molar-refractivity contribution in [3.63, 3.8) is 0 Å². The second-order valence-electron chi connectivity index (χ2n) is 31.9. The minimum atomic E-state index is -0.754. The van der Waals surface area contributed by atoms with E-state index in [1.54, 1.807) is 256 Å². The fourth-order valence-electron chi connectivity index (χ4n) is 28.7. The first-order chi connectivity index (χ1) is 48.4. The SMILES string of the molecule is CCN(CC)c1ccc(N=Nc2sc(C3N(CCOCCOCCOC)CC45c6c7c8c9c%10c%11c(c%12c%13c4c4c6c6c%14c7c7c8c8c%10c%10c%15c%11c%11c%12c%12c%13c%13c4c4c6c6c%14c%14c7c7c8c%10c8c%10c%15c%11c%11c%12c%12c%13c4c4c6c6c%14c7c8c7c%10c%11c%12c4c67)C935)c(Cl)c2C#N)c(NC(C)=O)c1. The molecular weight excluding hydrogens is 1250 g/mol. The number of azo groups is 1. The molecule has 98 heavy (non-hydrogen) atoms. The number of carbonyl (C=O) groups is 1. The van der Waals surface area contributed by atoms with Crippen molar-refractivity contribution in [2.45, 2.75) is 37.6 Å². The number of hydrogen-bond acceptors (Lipinski definition) is 10. The third-order valence-corrected chi connectivity index (χ3v) is 31.6. The van der Waals surface area contributed by atoms with Crippen LogP contribution >= 0.6 is 22.9 Å². The van der Waals surface area contributed by atoms with Crippen LogP contribution in [0, 0.1) is 11.3 Å². The van der Waals surface area contributed by atoms with E-state index in [-0.39, 0.29) is 11.9 Å². The van der Waals surface area contributed by atoms with E-state index >= 15 is 0 Å². The fourth-order valence-corrected chi connectivity index (χ4v) is 30.3. The summed E-state index contributed by atoms with van der Waals surface area (Å²) in [4.78, 5) is 19.1. The summed E-state index contributed by atoms with van der Waals surface area (Å²) in [5.41, 5.74) is 7.27. The van der Waals surface area contributed by atoms with Gasteiger partial charge in [-0.15, -0.1) is 21.6 Å². The van der Waals surface area contributed by atoms with Crippen LogP contribution < -0.4 is 10.2 Å². The van der Waals surface area contributed by atoms with Crippen molar-refractivity contribution in [1.29, 1.82) is 5.26 Å². The van der Waals surface area contributed by atoms with Gasteiger partial charge in [0, 0.05) is 50.8 Å². The molecule has 30 aromatic rings. The fraction of sp³-hybridized carbons (Fsp3) is 0.186. The third-order valence-electron chi connectivity index (χ3n) is 30.0. The van der Waals surface area contributed by atoms with Crippen molar-refractivity contribution < 1.29 is 19.0 Å². The molecule has 1 fully saturated rings. The third kappa shape index (κ3) is 3.20. The minimum absolute atomic E-state index is 0.194. The Morgan fingerprint density at radius 2 is 0.857 bits per heavy atom. The standard InChI is InChI=1S/C86H35ClN6O4S/c1-5-92(6-2)19-7-8-21(22(15-19)89-18(3)94)90-91-84-20(16-88)81(87)82(98-84)83-86-79-73-67-57-45-37-29-25-23-24-27-31(29)39(45)49-43-35(27)36-28(24)32-30-26(23)34-33(25)41-47(37)55-61-51(41)52-42(34)48-38(30)46-40(32)50-44(36)54-53(43)65(59(49)67)75(79)76-66(54)60(50)68-58(46)64-56(48)62(52)70-69(61)77(71(73)63(55)57)85(86,78(70)72(64)74(68)80(76)86)17-93(83)9-10-96-13-14-97-12-11-95-4/h7-8,15,83H,5-6,9-14,17H2,1-4H3,(H,89,94). The molecule has 4 aliphatic carbocycles. The summed E-state index contributed by atoms with van der Waals surface area (Å²) in [6, 6.07) is 8.28. The Kier molecular flexibility index (Phi) is 5.66. The molecule has 12 heteroatoms. The lowest BCUT2D eigenvalue weighted by molar-refractivity contribution is -0.114. The average Bonchev–Trinajstić information content (AvgIpc) is 1.38. The monoisotopic (exact) mass is 1280 g/mol. The summed E-state index contributed by atoms with van der Waals surface area (Å²) in [5, 5.41) is 110. The molecule has 1 atom stereocenters. The molecule has 0 radical (unpaired) electrons. The van der Waals surface area contributed by atoms with Crippen LogP contribution in [0.1, 0.15) is 59.5 Å². The molecule has 1 aromatic heterocycles. The minimum Gasteiger partial charge on any atom is -0.382 e. The van der Waals surface area contributed by atoms with Crippen LogP contribution in [0.4, 0.5) is 22.1 Å². The predicted octanol–water partition coefficient (Wildman–Crippen LogP) is 21.8. The van der Waals surface area contributed by atoms with Gasteiger partial charge in [-0.25, -0.2) is 0 Å².